The zero-order chi connectivity index (χ0) is 27.8. The van der Waals surface area contributed by atoms with Gasteiger partial charge in [-0.1, -0.05) is 23.8 Å². The lowest BCUT2D eigenvalue weighted by Crippen LogP contribution is -2.39. The molecule has 2 aromatic carbocycles. The minimum atomic E-state index is -0.405. The van der Waals surface area contributed by atoms with Gasteiger partial charge in [0.2, 0.25) is 0 Å². The van der Waals surface area contributed by atoms with E-state index < -0.39 is 5.56 Å². The summed E-state index contributed by atoms with van der Waals surface area (Å²) in [6, 6.07) is 10.6. The first kappa shape index (κ1) is 26.1. The number of anilines is 2. The number of nitrogens with one attached hydrogen (secondary N) is 1. The maximum absolute atomic E-state index is 13.4. The molecule has 4 aromatic rings. The Hall–Kier alpha value is -4.57. The van der Waals surface area contributed by atoms with Crippen LogP contribution >= 0.6 is 11.3 Å². The molecule has 0 saturated heterocycles. The Morgan fingerprint density at radius 3 is 2.69 bits per heavy atom. The summed E-state index contributed by atoms with van der Waals surface area (Å²) >= 11 is 1.14. The van der Waals surface area contributed by atoms with Crippen LogP contribution < -0.4 is 20.5 Å². The zero-order valence-electron chi connectivity index (χ0n) is 21.7. The van der Waals surface area contributed by atoms with Crippen molar-refractivity contribution in [3.63, 3.8) is 0 Å². The molecule has 1 aliphatic heterocycles. The van der Waals surface area contributed by atoms with Crippen molar-refractivity contribution in [2.24, 2.45) is 0 Å². The molecule has 5 rings (SSSR count). The van der Waals surface area contributed by atoms with Gasteiger partial charge in [-0.2, -0.15) is 0 Å². The molecule has 1 aliphatic rings. The maximum atomic E-state index is 13.4. The minimum Gasteiger partial charge on any atom is -0.482 e. The Balaban J connectivity index is 1.42. The highest BCUT2D eigenvalue weighted by Crippen LogP contribution is 2.33. The van der Waals surface area contributed by atoms with Crippen LogP contribution in [-0.2, 0) is 11.3 Å². The van der Waals surface area contributed by atoms with E-state index in [0.29, 0.717) is 43.3 Å². The molecule has 0 spiro atoms. The first-order chi connectivity index (χ1) is 18.7. The molecular weight excluding hydrogens is 516 g/mol. The number of amides is 2. The zero-order valence-corrected chi connectivity index (χ0v) is 22.6. The van der Waals surface area contributed by atoms with Crippen LogP contribution in [0.4, 0.5) is 11.4 Å². The molecule has 3 heterocycles. The first-order valence-electron chi connectivity index (χ1n) is 12.3. The topological polar surface area (TPSA) is 111 Å². The second-order valence-electron chi connectivity index (χ2n) is 9.37. The van der Waals surface area contributed by atoms with E-state index >= 15 is 0 Å². The van der Waals surface area contributed by atoms with Crippen molar-refractivity contribution in [2.45, 2.75) is 27.3 Å². The van der Waals surface area contributed by atoms with Crippen LogP contribution in [0.1, 0.15) is 36.7 Å². The summed E-state index contributed by atoms with van der Waals surface area (Å²) in [5.74, 6) is -0.394. The summed E-state index contributed by atoms with van der Waals surface area (Å²) in [6.07, 6.45) is 2.92. The van der Waals surface area contributed by atoms with Crippen LogP contribution in [0, 0.1) is 20.8 Å². The summed E-state index contributed by atoms with van der Waals surface area (Å²) < 4.78 is 6.72. The van der Waals surface area contributed by atoms with Gasteiger partial charge in [0.15, 0.2) is 12.4 Å². The van der Waals surface area contributed by atoms with Gasteiger partial charge in [-0.3, -0.25) is 23.7 Å². The highest BCUT2D eigenvalue weighted by Gasteiger charge is 2.26. The standard InChI is InChI=1S/C29H26N4O5S/c1-5-10-33-21-12-19(7-9-23(21)38-14-24(33)35)22(34)13-32-15-30-28-25(29(32)37)18(4)26(39-28)27(36)31-20-8-6-16(2)11-17(20)3/h5-9,11-12,15H,1,10,13-14H2,2-4H3,(H,31,36). The lowest BCUT2D eigenvalue weighted by molar-refractivity contribution is -0.121. The van der Waals surface area contributed by atoms with Gasteiger partial charge >= 0.3 is 0 Å². The van der Waals surface area contributed by atoms with Gasteiger partial charge < -0.3 is 15.0 Å². The molecule has 198 valence electrons. The fourth-order valence-electron chi connectivity index (χ4n) is 4.57. The molecular formula is C29H26N4O5S. The Bertz CT molecular complexity index is 1740. The Morgan fingerprint density at radius 1 is 1.15 bits per heavy atom. The number of Topliss-reactive ketones (excluding diaryl/α,β-unsaturated/α-hetero) is 1. The third-order valence-electron chi connectivity index (χ3n) is 6.60. The number of hydrogen-bond acceptors (Lipinski definition) is 7. The van der Waals surface area contributed by atoms with Crippen molar-refractivity contribution < 1.29 is 19.1 Å². The third-order valence-corrected chi connectivity index (χ3v) is 7.80. The van der Waals surface area contributed by atoms with Gasteiger partial charge in [0.25, 0.3) is 17.4 Å². The highest BCUT2D eigenvalue weighted by atomic mass is 32.1. The SMILES string of the molecule is C=CCN1C(=O)COc2ccc(C(=O)Cn3cnc4sc(C(=O)Nc5ccc(C)cc5C)c(C)c4c3=O)cc21. The van der Waals surface area contributed by atoms with E-state index in [1.54, 1.807) is 31.2 Å². The quantitative estimate of drug-likeness (QED) is 0.273. The molecule has 0 atom stereocenters. The van der Waals surface area contributed by atoms with Crippen molar-refractivity contribution in [1.82, 2.24) is 9.55 Å². The third kappa shape index (κ3) is 4.86. The van der Waals surface area contributed by atoms with E-state index in [0.717, 1.165) is 22.5 Å². The van der Waals surface area contributed by atoms with E-state index in [2.05, 4.69) is 16.9 Å². The van der Waals surface area contributed by atoms with Crippen molar-refractivity contribution in [1.29, 1.82) is 0 Å². The van der Waals surface area contributed by atoms with Crippen molar-refractivity contribution >= 4 is 50.5 Å². The number of rotatable bonds is 7. The van der Waals surface area contributed by atoms with Crippen LogP contribution in [0.3, 0.4) is 0 Å². The number of benzene rings is 2. The summed E-state index contributed by atoms with van der Waals surface area (Å²) in [6.45, 7) is 9.24. The van der Waals surface area contributed by atoms with Crippen LogP contribution in [0.15, 0.2) is 60.2 Å². The number of fused-ring (bicyclic) bond motifs is 2. The maximum Gasteiger partial charge on any atom is 0.266 e. The van der Waals surface area contributed by atoms with Crippen molar-refractivity contribution in [3.8, 4) is 5.75 Å². The number of ketones is 1. The average molecular weight is 543 g/mol. The van der Waals surface area contributed by atoms with Gasteiger partial charge in [-0.15, -0.1) is 17.9 Å². The van der Waals surface area contributed by atoms with E-state index in [4.69, 9.17) is 4.74 Å². The lowest BCUT2D eigenvalue weighted by Gasteiger charge is -2.28. The number of ether oxygens (including phenoxy) is 1. The molecule has 0 fully saturated rings. The Kier molecular flexibility index (Phi) is 6.88. The smallest absolute Gasteiger partial charge is 0.266 e. The van der Waals surface area contributed by atoms with Gasteiger partial charge in [0.05, 0.1) is 28.8 Å². The molecule has 0 aliphatic carbocycles. The monoisotopic (exact) mass is 542 g/mol. The fourth-order valence-corrected chi connectivity index (χ4v) is 5.61. The number of nitrogens with zero attached hydrogens (tertiary/aromatic N) is 3. The molecule has 0 unspecified atom stereocenters. The number of aromatic nitrogens is 2. The molecule has 0 radical (unpaired) electrons. The average Bonchev–Trinajstić information content (AvgIpc) is 3.25. The van der Waals surface area contributed by atoms with Gasteiger partial charge in [-0.05, 0) is 56.2 Å². The van der Waals surface area contributed by atoms with E-state index in [-0.39, 0.29) is 37.3 Å². The number of hydrogen-bond donors (Lipinski definition) is 1. The fraction of sp³-hybridized carbons (Fsp3) is 0.207. The number of carbonyl (C=O) groups is 3. The van der Waals surface area contributed by atoms with Gasteiger partial charge in [0.1, 0.15) is 10.6 Å². The summed E-state index contributed by atoms with van der Waals surface area (Å²) in [5.41, 5.74) is 3.64. The normalized spacial score (nSPS) is 12.7. The molecule has 2 aromatic heterocycles. The van der Waals surface area contributed by atoms with E-state index in [1.165, 1.54) is 15.8 Å². The Morgan fingerprint density at radius 2 is 1.95 bits per heavy atom. The summed E-state index contributed by atoms with van der Waals surface area (Å²) in [5, 5.41) is 3.23. The Labute approximate surface area is 228 Å². The summed E-state index contributed by atoms with van der Waals surface area (Å²) in [7, 11) is 0. The largest absolute Gasteiger partial charge is 0.482 e. The molecule has 1 N–H and O–H groups in total. The van der Waals surface area contributed by atoms with Crippen LogP contribution in [0.5, 0.6) is 5.75 Å². The second-order valence-corrected chi connectivity index (χ2v) is 10.4. The van der Waals surface area contributed by atoms with Gasteiger partial charge in [0, 0.05) is 17.8 Å². The van der Waals surface area contributed by atoms with Crippen molar-refractivity contribution in [3.05, 3.63) is 92.9 Å². The molecule has 2 amide bonds. The second kappa shape index (κ2) is 10.3. The minimum absolute atomic E-state index is 0.0835. The predicted molar refractivity (Wildman–Crippen MR) is 151 cm³/mol. The molecule has 10 heteroatoms. The van der Waals surface area contributed by atoms with Gasteiger partial charge in [-0.25, -0.2) is 4.98 Å². The molecule has 9 nitrogen and oxygen atoms in total. The van der Waals surface area contributed by atoms with Crippen molar-refractivity contribution in [2.75, 3.05) is 23.4 Å². The molecule has 0 saturated carbocycles. The van der Waals surface area contributed by atoms with E-state index in [9.17, 15) is 19.2 Å². The lowest BCUT2D eigenvalue weighted by atomic mass is 10.1. The van der Waals surface area contributed by atoms with E-state index in [1.807, 2.05) is 32.0 Å². The number of carbonyl (C=O) groups excluding carboxylic acids is 3. The molecule has 0 bridgehead atoms. The number of thiophene rings is 1. The highest BCUT2D eigenvalue weighted by molar-refractivity contribution is 7.20. The summed E-state index contributed by atoms with van der Waals surface area (Å²) in [4.78, 5) is 58.6. The van der Waals surface area contributed by atoms with Crippen LogP contribution in [-0.4, -0.2) is 40.3 Å². The van der Waals surface area contributed by atoms with Crippen LogP contribution in [0.2, 0.25) is 0 Å². The van der Waals surface area contributed by atoms with Crippen LogP contribution in [0.25, 0.3) is 10.2 Å². The first-order valence-corrected chi connectivity index (χ1v) is 13.1. The molecule has 39 heavy (non-hydrogen) atoms. The predicted octanol–water partition coefficient (Wildman–Crippen LogP) is 4.43. The number of aryl methyl sites for hydroxylation is 3.